The van der Waals surface area contributed by atoms with Gasteiger partial charge in [-0.1, -0.05) is 54.6 Å². The first-order chi connectivity index (χ1) is 19.5. The summed E-state index contributed by atoms with van der Waals surface area (Å²) in [5.74, 6) is 0.105. The van der Waals surface area contributed by atoms with Gasteiger partial charge in [0.25, 0.3) is 0 Å². The average molecular weight is 566 g/mol. The Hall–Kier alpha value is -4.11. The number of benzene rings is 3. The lowest BCUT2D eigenvalue weighted by Crippen LogP contribution is -2.39. The van der Waals surface area contributed by atoms with E-state index in [1.54, 1.807) is 20.8 Å². The molecule has 6 nitrogen and oxygen atoms in total. The molecule has 1 atom stereocenters. The highest BCUT2D eigenvalue weighted by Crippen LogP contribution is 2.32. The fraction of sp³-hybridized carbons (Fsp3) is 0.312. The number of rotatable bonds is 11. The van der Waals surface area contributed by atoms with Crippen LogP contribution in [0.15, 0.2) is 84.9 Å². The van der Waals surface area contributed by atoms with Crippen LogP contribution in [0.1, 0.15) is 49.2 Å². The highest BCUT2D eigenvalue weighted by atomic mass is 19.4. The van der Waals surface area contributed by atoms with Gasteiger partial charge in [-0.2, -0.15) is 18.3 Å². The van der Waals surface area contributed by atoms with Crippen molar-refractivity contribution in [2.75, 3.05) is 13.7 Å². The molecule has 4 rings (SSSR count). The molecule has 1 N–H and O–H groups in total. The first kappa shape index (κ1) is 29.9. The van der Waals surface area contributed by atoms with E-state index in [4.69, 9.17) is 14.6 Å². The minimum Gasteiger partial charge on any atom is -0.476 e. The van der Waals surface area contributed by atoms with Gasteiger partial charge in [0.15, 0.2) is 5.60 Å². The first-order valence-corrected chi connectivity index (χ1v) is 13.4. The molecule has 0 aliphatic heterocycles. The molecule has 0 fully saturated rings. The molecule has 1 heterocycles. The normalized spacial score (nSPS) is 12.7. The highest BCUT2D eigenvalue weighted by Gasteiger charge is 2.32. The number of likely N-dealkylation sites (N-methyl/N-ethyl adjacent to an activating group) is 1. The summed E-state index contributed by atoms with van der Waals surface area (Å²) in [6.45, 7) is 5.87. The summed E-state index contributed by atoms with van der Waals surface area (Å²) in [5, 5.41) is 8.13. The number of carbonyl (C=O) groups is 1. The van der Waals surface area contributed by atoms with E-state index in [1.165, 1.54) is 12.1 Å². The number of aromatic nitrogens is 2. The predicted molar refractivity (Wildman–Crippen MR) is 151 cm³/mol. The Morgan fingerprint density at radius 3 is 2.22 bits per heavy atom. The zero-order chi connectivity index (χ0) is 29.6. The van der Waals surface area contributed by atoms with Gasteiger partial charge in [0.2, 0.25) is 0 Å². The van der Waals surface area contributed by atoms with Crippen LogP contribution >= 0.6 is 0 Å². The minimum absolute atomic E-state index is 0.0891. The summed E-state index contributed by atoms with van der Waals surface area (Å²) in [5.41, 5.74) is 2.37. The lowest BCUT2D eigenvalue weighted by atomic mass is 10.0. The van der Waals surface area contributed by atoms with Gasteiger partial charge in [-0.15, -0.1) is 0 Å². The van der Waals surface area contributed by atoms with Crippen LogP contribution in [0, 0.1) is 0 Å². The zero-order valence-electron chi connectivity index (χ0n) is 23.5. The Balaban J connectivity index is 1.59. The van der Waals surface area contributed by atoms with E-state index in [-0.39, 0.29) is 12.6 Å². The summed E-state index contributed by atoms with van der Waals surface area (Å²) < 4.78 is 52.2. The van der Waals surface area contributed by atoms with Gasteiger partial charge < -0.3 is 14.8 Å². The van der Waals surface area contributed by atoms with E-state index in [2.05, 4.69) is 5.32 Å². The van der Waals surface area contributed by atoms with E-state index >= 15 is 0 Å². The molecule has 3 aromatic carbocycles. The largest absolute Gasteiger partial charge is 0.476 e. The van der Waals surface area contributed by atoms with Crippen molar-refractivity contribution in [1.82, 2.24) is 15.1 Å². The van der Waals surface area contributed by atoms with Gasteiger partial charge in [0.1, 0.15) is 5.75 Å². The summed E-state index contributed by atoms with van der Waals surface area (Å²) in [6, 6.07) is 24.3. The van der Waals surface area contributed by atoms with E-state index in [0.717, 1.165) is 29.0 Å². The van der Waals surface area contributed by atoms with Crippen LogP contribution in [0.25, 0.3) is 11.3 Å². The Bertz CT molecular complexity index is 1430. The number of hydrogen-bond acceptors (Lipinski definition) is 5. The van der Waals surface area contributed by atoms with Crippen LogP contribution < -0.4 is 10.1 Å². The third-order valence-corrected chi connectivity index (χ3v) is 6.73. The monoisotopic (exact) mass is 565 g/mol. The van der Waals surface area contributed by atoms with Gasteiger partial charge in [-0.3, -0.25) is 4.68 Å². The molecule has 1 unspecified atom stereocenters. The summed E-state index contributed by atoms with van der Waals surface area (Å²) >= 11 is 0. The molecule has 0 aliphatic carbocycles. The maximum absolute atomic E-state index is 13.1. The standard InChI is InChI=1S/C32H34F3N3O3/c1-5-40-30(39)31(2,3)41-27-17-13-23(14-18-27)28(36-4)19-26-20-29(24-11-15-25(16-12-24)32(33,34)35)37-38(26)21-22-9-7-6-8-10-22/h6-18,20,28,36H,5,19,21H2,1-4H3. The van der Waals surface area contributed by atoms with Crippen molar-refractivity contribution < 1.29 is 27.4 Å². The van der Waals surface area contributed by atoms with E-state index < -0.39 is 23.3 Å². The van der Waals surface area contributed by atoms with Crippen LogP contribution in [0.3, 0.4) is 0 Å². The summed E-state index contributed by atoms with van der Waals surface area (Å²) in [7, 11) is 1.87. The summed E-state index contributed by atoms with van der Waals surface area (Å²) in [4.78, 5) is 12.2. The van der Waals surface area contributed by atoms with Crippen LogP contribution in [0.2, 0.25) is 0 Å². The Kier molecular flexibility index (Phi) is 9.18. The third-order valence-electron chi connectivity index (χ3n) is 6.73. The SMILES string of the molecule is CCOC(=O)C(C)(C)Oc1ccc(C(Cc2cc(-c3ccc(C(F)(F)F)cc3)nn2Cc2ccccc2)NC)cc1. The molecular weight excluding hydrogens is 531 g/mol. The molecule has 0 radical (unpaired) electrons. The van der Waals surface area contributed by atoms with Crippen LogP contribution in [-0.2, 0) is 28.7 Å². The molecule has 41 heavy (non-hydrogen) atoms. The van der Waals surface area contributed by atoms with Crippen molar-refractivity contribution in [2.24, 2.45) is 0 Å². The number of esters is 1. The second kappa shape index (κ2) is 12.6. The van der Waals surface area contributed by atoms with Crippen molar-refractivity contribution in [3.63, 3.8) is 0 Å². The Labute approximate surface area is 238 Å². The van der Waals surface area contributed by atoms with E-state index in [1.807, 2.05) is 72.4 Å². The molecule has 4 aromatic rings. The van der Waals surface area contributed by atoms with Crippen molar-refractivity contribution >= 4 is 5.97 Å². The van der Waals surface area contributed by atoms with Gasteiger partial charge in [0, 0.05) is 23.7 Å². The first-order valence-electron chi connectivity index (χ1n) is 13.4. The number of alkyl halides is 3. The van der Waals surface area contributed by atoms with Gasteiger partial charge in [-0.05, 0) is 69.3 Å². The fourth-order valence-electron chi connectivity index (χ4n) is 4.49. The van der Waals surface area contributed by atoms with Crippen molar-refractivity contribution in [3.05, 3.63) is 107 Å². The molecule has 0 amide bonds. The Morgan fingerprint density at radius 2 is 1.63 bits per heavy atom. The van der Waals surface area contributed by atoms with Crippen molar-refractivity contribution in [3.8, 4) is 17.0 Å². The maximum Gasteiger partial charge on any atom is 0.416 e. The fourth-order valence-corrected chi connectivity index (χ4v) is 4.49. The second-order valence-corrected chi connectivity index (χ2v) is 10.2. The van der Waals surface area contributed by atoms with Crippen LogP contribution in [-0.4, -0.2) is 35.0 Å². The van der Waals surface area contributed by atoms with Crippen LogP contribution in [0.4, 0.5) is 13.2 Å². The quantitative estimate of drug-likeness (QED) is 0.202. The van der Waals surface area contributed by atoms with E-state index in [9.17, 15) is 18.0 Å². The smallest absolute Gasteiger partial charge is 0.416 e. The molecule has 0 spiro atoms. The molecule has 216 valence electrons. The third kappa shape index (κ3) is 7.55. The number of ether oxygens (including phenoxy) is 2. The molecule has 1 aromatic heterocycles. The number of nitrogens with zero attached hydrogens (tertiary/aromatic N) is 2. The van der Waals surface area contributed by atoms with Gasteiger partial charge in [0.05, 0.1) is 24.4 Å². The average Bonchev–Trinajstić information content (AvgIpc) is 3.34. The van der Waals surface area contributed by atoms with Gasteiger partial charge in [-0.25, -0.2) is 4.79 Å². The Morgan fingerprint density at radius 1 is 0.976 bits per heavy atom. The minimum atomic E-state index is -4.40. The molecule has 9 heteroatoms. The van der Waals surface area contributed by atoms with Gasteiger partial charge >= 0.3 is 12.1 Å². The molecule has 0 saturated heterocycles. The highest BCUT2D eigenvalue weighted by molar-refractivity contribution is 5.79. The number of halogens is 3. The molecule has 0 aliphatic rings. The van der Waals surface area contributed by atoms with Crippen molar-refractivity contribution in [2.45, 2.75) is 51.6 Å². The maximum atomic E-state index is 13.1. The molecule has 0 saturated carbocycles. The number of nitrogens with one attached hydrogen (secondary N) is 1. The second-order valence-electron chi connectivity index (χ2n) is 10.2. The number of carbonyl (C=O) groups excluding carboxylic acids is 1. The van der Waals surface area contributed by atoms with E-state index in [0.29, 0.717) is 30.0 Å². The lowest BCUT2D eigenvalue weighted by molar-refractivity contribution is -0.158. The van der Waals surface area contributed by atoms with Crippen molar-refractivity contribution in [1.29, 1.82) is 0 Å². The molecule has 0 bridgehead atoms. The zero-order valence-corrected chi connectivity index (χ0v) is 23.5. The van der Waals surface area contributed by atoms with Crippen LogP contribution in [0.5, 0.6) is 5.75 Å². The predicted octanol–water partition coefficient (Wildman–Crippen LogP) is 6.84. The molecular formula is C32H34F3N3O3. The summed E-state index contributed by atoms with van der Waals surface area (Å²) in [6.07, 6.45) is -3.82. The number of hydrogen-bond donors (Lipinski definition) is 1. The topological polar surface area (TPSA) is 65.4 Å². The lowest BCUT2D eigenvalue weighted by Gasteiger charge is -2.24.